The van der Waals surface area contributed by atoms with Crippen LogP contribution in [0.5, 0.6) is 0 Å². The Morgan fingerprint density at radius 2 is 0.941 bits per heavy atom. The first kappa shape index (κ1) is 60.3. The maximum Gasteiger partial charge on any atom is 0.220 e. The molecule has 3 rings (SSSR count). The maximum absolute atomic E-state index is 13.2. The van der Waals surface area contributed by atoms with E-state index in [1.54, 1.807) is 6.08 Å². The van der Waals surface area contributed by atoms with Crippen molar-refractivity contribution in [1.82, 2.24) is 5.32 Å². The van der Waals surface area contributed by atoms with Crippen LogP contribution in [0.3, 0.4) is 0 Å². The molecule has 0 saturated carbocycles. The highest BCUT2D eigenvalue weighted by molar-refractivity contribution is 5.76. The molecule has 19 heteroatoms. The molecule has 3 fully saturated rings. The first-order valence-electron chi connectivity index (χ1n) is 25.2. The van der Waals surface area contributed by atoms with Crippen LogP contribution in [0.4, 0.5) is 0 Å². The number of ether oxygens (including phenoxy) is 6. The Morgan fingerprint density at radius 1 is 0.515 bits per heavy atom. The Hall–Kier alpha value is -1.99. The number of hydrogen-bond acceptors (Lipinski definition) is 18. The molecule has 1 amide bonds. The van der Waals surface area contributed by atoms with E-state index in [4.69, 9.17) is 28.4 Å². The van der Waals surface area contributed by atoms with E-state index in [1.807, 2.05) is 6.08 Å². The summed E-state index contributed by atoms with van der Waals surface area (Å²) in [5.74, 6) is -0.301. The summed E-state index contributed by atoms with van der Waals surface area (Å²) in [6, 6.07) is -0.989. The van der Waals surface area contributed by atoms with Gasteiger partial charge in [0.2, 0.25) is 5.91 Å². The van der Waals surface area contributed by atoms with Gasteiger partial charge in [0.05, 0.1) is 38.6 Å². The Morgan fingerprint density at radius 3 is 1.50 bits per heavy atom. The van der Waals surface area contributed by atoms with Crippen molar-refractivity contribution in [3.8, 4) is 0 Å². The van der Waals surface area contributed by atoms with E-state index in [-0.39, 0.29) is 18.9 Å². The van der Waals surface area contributed by atoms with Crippen molar-refractivity contribution in [3.05, 3.63) is 36.5 Å². The molecule has 0 aliphatic carbocycles. The predicted molar refractivity (Wildman–Crippen MR) is 249 cm³/mol. The van der Waals surface area contributed by atoms with E-state index in [0.29, 0.717) is 12.8 Å². The minimum Gasteiger partial charge on any atom is -0.394 e. The molecule has 17 unspecified atom stereocenters. The van der Waals surface area contributed by atoms with Gasteiger partial charge in [0, 0.05) is 6.42 Å². The number of hydrogen-bond donors (Lipinski definition) is 12. The SMILES string of the molecule is CCCCC/C=C\CCCCCCCC(=O)NC(COC1OC(CO)C(OC2OC(CO)C(OC3OC(CO)C(O)C(O)C3O)C(O)C2O)C(O)C1O)C(O)/C=C/CC/C=C/CCCCCCC. The molecule has 17 atom stereocenters. The Balaban J connectivity index is 1.59. The van der Waals surface area contributed by atoms with Crippen molar-refractivity contribution < 1.29 is 89.4 Å². The second kappa shape index (κ2) is 34.4. The lowest BCUT2D eigenvalue weighted by Gasteiger charge is -2.48. The van der Waals surface area contributed by atoms with Crippen molar-refractivity contribution in [1.29, 1.82) is 0 Å². The third-order valence-corrected chi connectivity index (χ3v) is 12.7. The number of unbranched alkanes of at least 4 members (excludes halogenated alkanes) is 14. The number of amides is 1. The third kappa shape index (κ3) is 20.3. The first-order valence-corrected chi connectivity index (χ1v) is 25.2. The van der Waals surface area contributed by atoms with Gasteiger partial charge in [0.1, 0.15) is 73.2 Å². The van der Waals surface area contributed by atoms with Gasteiger partial charge in [-0.25, -0.2) is 0 Å². The van der Waals surface area contributed by atoms with Crippen LogP contribution < -0.4 is 5.32 Å². The van der Waals surface area contributed by atoms with Crippen molar-refractivity contribution in [2.75, 3.05) is 26.4 Å². The normalized spacial score (nSPS) is 33.5. The van der Waals surface area contributed by atoms with E-state index in [9.17, 15) is 61.0 Å². The van der Waals surface area contributed by atoms with E-state index >= 15 is 0 Å². The molecule has 3 aliphatic heterocycles. The lowest BCUT2D eigenvalue weighted by molar-refractivity contribution is -0.379. The summed E-state index contributed by atoms with van der Waals surface area (Å²) in [5.41, 5.74) is 0. The maximum atomic E-state index is 13.2. The monoisotopic (exact) mass is 978 g/mol. The zero-order valence-electron chi connectivity index (χ0n) is 40.3. The molecule has 0 aromatic carbocycles. The standard InChI is InChI=1S/C49H87NO18/c1-3-5-7-9-11-13-15-17-19-21-23-25-27-37(55)50-32(33(54)26-24-22-20-18-16-14-12-10-8-6-4-2)31-63-47-43(61)40(58)45(35(29-52)65-47)68-49-44(62)41(59)46(36(30-53)66-49)67-48-42(60)39(57)38(56)34(28-51)64-48/h11,13,16,18,24,26,32-36,38-49,51-54,56-62H,3-10,12,14-15,17,19-23,25,27-31H2,1-2H3,(H,50,55)/b13-11-,18-16+,26-24+. The van der Waals surface area contributed by atoms with E-state index in [0.717, 1.165) is 57.8 Å². The van der Waals surface area contributed by atoms with Gasteiger partial charge in [0.25, 0.3) is 0 Å². The fourth-order valence-corrected chi connectivity index (χ4v) is 8.37. The molecule has 68 heavy (non-hydrogen) atoms. The van der Waals surface area contributed by atoms with Crippen LogP contribution in [0, 0.1) is 0 Å². The zero-order valence-corrected chi connectivity index (χ0v) is 40.3. The summed E-state index contributed by atoms with van der Waals surface area (Å²) in [5, 5.41) is 119. The highest BCUT2D eigenvalue weighted by Crippen LogP contribution is 2.33. The first-order chi connectivity index (χ1) is 32.8. The largest absolute Gasteiger partial charge is 0.394 e. The average molecular weight is 978 g/mol. The van der Waals surface area contributed by atoms with E-state index < -0.39 is 124 Å². The van der Waals surface area contributed by atoms with Crippen LogP contribution in [-0.4, -0.2) is 193 Å². The Bertz CT molecular complexity index is 1400. The van der Waals surface area contributed by atoms with Crippen molar-refractivity contribution in [3.63, 3.8) is 0 Å². The molecule has 3 heterocycles. The predicted octanol–water partition coefficient (Wildman–Crippen LogP) is 1.42. The summed E-state index contributed by atoms with van der Waals surface area (Å²) in [6.45, 7) is 1.58. The second-order valence-corrected chi connectivity index (χ2v) is 18.3. The van der Waals surface area contributed by atoms with Crippen LogP contribution in [0.2, 0.25) is 0 Å². The van der Waals surface area contributed by atoms with E-state index in [1.165, 1.54) is 44.9 Å². The molecule has 0 spiro atoms. The van der Waals surface area contributed by atoms with Gasteiger partial charge < -0.3 is 89.9 Å². The fraction of sp³-hybridized carbons (Fsp3) is 0.857. The molecular weight excluding hydrogens is 891 g/mol. The number of carbonyl (C=O) groups excluding carboxylic acids is 1. The smallest absolute Gasteiger partial charge is 0.220 e. The van der Waals surface area contributed by atoms with Crippen molar-refractivity contribution in [2.45, 2.75) is 240 Å². The van der Waals surface area contributed by atoms with Crippen LogP contribution in [0.15, 0.2) is 36.5 Å². The summed E-state index contributed by atoms with van der Waals surface area (Å²) in [6.07, 6.45) is 4.50. The third-order valence-electron chi connectivity index (χ3n) is 12.7. The highest BCUT2D eigenvalue weighted by Gasteiger charge is 2.53. The summed E-state index contributed by atoms with van der Waals surface area (Å²) >= 11 is 0. The number of rotatable bonds is 34. The molecule has 19 nitrogen and oxygen atoms in total. The molecule has 0 aromatic rings. The van der Waals surface area contributed by atoms with Crippen LogP contribution in [0.1, 0.15) is 136 Å². The molecule has 0 radical (unpaired) electrons. The summed E-state index contributed by atoms with van der Waals surface area (Å²) in [4.78, 5) is 13.2. The number of aliphatic hydroxyl groups excluding tert-OH is 11. The summed E-state index contributed by atoms with van der Waals surface area (Å²) < 4.78 is 34.0. The summed E-state index contributed by atoms with van der Waals surface area (Å²) in [7, 11) is 0. The molecule has 12 N–H and O–H groups in total. The average Bonchev–Trinajstić information content (AvgIpc) is 3.33. The second-order valence-electron chi connectivity index (χ2n) is 18.3. The van der Waals surface area contributed by atoms with Crippen LogP contribution in [0.25, 0.3) is 0 Å². The van der Waals surface area contributed by atoms with Crippen molar-refractivity contribution in [2.24, 2.45) is 0 Å². The molecule has 396 valence electrons. The quantitative estimate of drug-likeness (QED) is 0.0321. The Labute approximate surface area is 402 Å². The molecule has 3 saturated heterocycles. The molecular formula is C49H87NO18. The Kier molecular flexibility index (Phi) is 30.5. The number of nitrogens with one attached hydrogen (secondary N) is 1. The van der Waals surface area contributed by atoms with Gasteiger partial charge in [-0.05, 0) is 57.8 Å². The zero-order chi connectivity index (χ0) is 49.8. The fourth-order valence-electron chi connectivity index (χ4n) is 8.37. The number of carbonyl (C=O) groups is 1. The molecule has 3 aliphatic rings. The van der Waals surface area contributed by atoms with Crippen LogP contribution >= 0.6 is 0 Å². The van der Waals surface area contributed by atoms with Crippen molar-refractivity contribution >= 4 is 5.91 Å². The topological polar surface area (TPSA) is 307 Å². The van der Waals surface area contributed by atoms with E-state index in [2.05, 4.69) is 43.5 Å². The highest BCUT2D eigenvalue weighted by atomic mass is 16.8. The minimum absolute atomic E-state index is 0.224. The van der Waals surface area contributed by atoms with Gasteiger partial charge in [-0.1, -0.05) is 108 Å². The molecule has 0 bridgehead atoms. The lowest BCUT2D eigenvalue weighted by Crippen LogP contribution is -2.66. The van der Waals surface area contributed by atoms with Gasteiger partial charge in [0.15, 0.2) is 18.9 Å². The van der Waals surface area contributed by atoms with Gasteiger partial charge in [-0.2, -0.15) is 0 Å². The van der Waals surface area contributed by atoms with Crippen LogP contribution in [-0.2, 0) is 33.2 Å². The molecule has 0 aromatic heterocycles. The van der Waals surface area contributed by atoms with Gasteiger partial charge >= 0.3 is 0 Å². The van der Waals surface area contributed by atoms with Gasteiger partial charge in [-0.15, -0.1) is 0 Å². The minimum atomic E-state index is -1.98. The lowest BCUT2D eigenvalue weighted by atomic mass is 9.96. The van der Waals surface area contributed by atoms with Gasteiger partial charge in [-0.3, -0.25) is 4.79 Å². The number of allylic oxidation sites excluding steroid dienone is 5. The number of aliphatic hydroxyl groups is 11.